The van der Waals surface area contributed by atoms with Crippen LogP contribution in [0.15, 0.2) is 66.1 Å². The van der Waals surface area contributed by atoms with Gasteiger partial charge in [0.05, 0.1) is 18.2 Å². The maximum Gasteiger partial charge on any atom is 0.278 e. The van der Waals surface area contributed by atoms with Crippen LogP contribution >= 0.6 is 0 Å². The van der Waals surface area contributed by atoms with Gasteiger partial charge in [-0.25, -0.2) is 14.3 Å². The number of piperidine rings is 1. The smallest absolute Gasteiger partial charge is 0.278 e. The fourth-order valence-electron chi connectivity index (χ4n) is 4.23. The molecule has 0 unspecified atom stereocenters. The fourth-order valence-corrected chi connectivity index (χ4v) is 4.23. The predicted molar refractivity (Wildman–Crippen MR) is 137 cm³/mol. The van der Waals surface area contributed by atoms with Crippen molar-refractivity contribution in [3.63, 3.8) is 0 Å². The molecule has 0 bridgehead atoms. The number of nitrogens with zero attached hydrogens (tertiary/aromatic N) is 7. The van der Waals surface area contributed by atoms with Crippen LogP contribution in [0.25, 0.3) is 16.9 Å². The largest absolute Gasteiger partial charge is 0.474 e. The second-order valence-electron chi connectivity index (χ2n) is 8.69. The summed E-state index contributed by atoms with van der Waals surface area (Å²) in [5, 5.41) is 12.5. The lowest BCUT2D eigenvalue weighted by Gasteiger charge is -2.29. The first-order chi connectivity index (χ1) is 17.6. The number of likely N-dealkylation sites (tertiary alicyclic amines) is 1. The second-order valence-corrected chi connectivity index (χ2v) is 8.69. The maximum atomic E-state index is 13.2. The summed E-state index contributed by atoms with van der Waals surface area (Å²) < 4.78 is 9.38. The van der Waals surface area contributed by atoms with Gasteiger partial charge in [0, 0.05) is 31.0 Å². The molecule has 1 saturated heterocycles. The van der Waals surface area contributed by atoms with Crippen molar-refractivity contribution < 1.29 is 4.74 Å². The average molecular weight is 483 g/mol. The second kappa shape index (κ2) is 10.0. The van der Waals surface area contributed by atoms with E-state index in [4.69, 9.17) is 15.0 Å². The minimum absolute atomic E-state index is 0.103. The summed E-state index contributed by atoms with van der Waals surface area (Å²) in [5.74, 6) is 1.33. The molecule has 36 heavy (non-hydrogen) atoms. The van der Waals surface area contributed by atoms with Crippen molar-refractivity contribution >= 4 is 22.7 Å². The lowest BCUT2D eigenvalue weighted by Crippen LogP contribution is -2.35. The number of aromatic nitrogens is 5. The van der Waals surface area contributed by atoms with Gasteiger partial charge in [-0.2, -0.15) is 15.2 Å². The molecule has 0 spiro atoms. The first-order valence-corrected chi connectivity index (χ1v) is 11.7. The molecule has 5 rings (SSSR count). The summed E-state index contributed by atoms with van der Waals surface area (Å²) in [5.41, 5.74) is 1.45. The third kappa shape index (κ3) is 4.69. The van der Waals surface area contributed by atoms with Gasteiger partial charge in [0.2, 0.25) is 11.8 Å². The van der Waals surface area contributed by atoms with E-state index in [1.54, 1.807) is 35.0 Å². The Morgan fingerprint density at radius 2 is 1.97 bits per heavy atom. The number of nitriles is 1. The number of ether oxygens (including phenoxy) is 1. The number of allylic oxidation sites excluding steroid dienone is 1. The number of pyridine rings is 1. The third-order valence-electron chi connectivity index (χ3n) is 6.13. The number of rotatable bonds is 7. The van der Waals surface area contributed by atoms with E-state index in [1.807, 2.05) is 18.2 Å². The molecule has 10 heteroatoms. The standard InChI is InChI=1S/C26H26N8O2/c1-3-13-33-25(35)21-17-28-26(29-19-9-7-18(16-27)8-10-19)31-24(21)34(33)22-5-4-6-23(30-22)36-20-11-14-32(2)15-12-20/h3-10,17,20H,1,11-15H2,2H3,(H,28,29,31). The summed E-state index contributed by atoms with van der Waals surface area (Å²) in [6.07, 6.45) is 5.14. The van der Waals surface area contributed by atoms with E-state index in [2.05, 4.69) is 39.9 Å². The van der Waals surface area contributed by atoms with Crippen molar-refractivity contribution in [3.8, 4) is 17.8 Å². The van der Waals surface area contributed by atoms with E-state index in [-0.39, 0.29) is 18.2 Å². The van der Waals surface area contributed by atoms with E-state index in [0.717, 1.165) is 31.6 Å². The summed E-state index contributed by atoms with van der Waals surface area (Å²) in [6.45, 7) is 6.04. The van der Waals surface area contributed by atoms with Gasteiger partial charge in [-0.1, -0.05) is 12.1 Å². The number of hydrogen-bond donors (Lipinski definition) is 1. The molecule has 1 aromatic carbocycles. The molecule has 1 N–H and O–H groups in total. The van der Waals surface area contributed by atoms with E-state index in [0.29, 0.717) is 34.2 Å². The van der Waals surface area contributed by atoms with Gasteiger partial charge in [-0.3, -0.25) is 4.79 Å². The minimum atomic E-state index is -0.238. The maximum absolute atomic E-state index is 13.2. The van der Waals surface area contributed by atoms with Crippen LogP contribution in [0.3, 0.4) is 0 Å². The van der Waals surface area contributed by atoms with Gasteiger partial charge in [0.1, 0.15) is 11.5 Å². The normalized spacial score (nSPS) is 14.4. The molecule has 182 valence electrons. The van der Waals surface area contributed by atoms with E-state index in [9.17, 15) is 4.79 Å². The van der Waals surface area contributed by atoms with Gasteiger partial charge >= 0.3 is 0 Å². The predicted octanol–water partition coefficient (Wildman–Crippen LogP) is 3.25. The van der Waals surface area contributed by atoms with Crippen molar-refractivity contribution in [2.75, 3.05) is 25.5 Å². The van der Waals surface area contributed by atoms with Crippen molar-refractivity contribution in [3.05, 3.63) is 77.2 Å². The highest BCUT2D eigenvalue weighted by molar-refractivity contribution is 5.77. The van der Waals surface area contributed by atoms with Crippen LogP contribution in [-0.4, -0.2) is 55.5 Å². The van der Waals surface area contributed by atoms with Gasteiger partial charge in [0.25, 0.3) is 5.56 Å². The van der Waals surface area contributed by atoms with Crippen LogP contribution in [-0.2, 0) is 6.54 Å². The summed E-state index contributed by atoms with van der Waals surface area (Å²) in [7, 11) is 2.11. The van der Waals surface area contributed by atoms with E-state index in [1.165, 1.54) is 10.9 Å². The zero-order chi connectivity index (χ0) is 25.1. The van der Waals surface area contributed by atoms with Crippen LogP contribution in [0, 0.1) is 11.3 Å². The SMILES string of the molecule is C=CCn1c(=O)c2cnc(Nc3ccc(C#N)cc3)nc2n1-c1cccc(OC2CCN(C)CC2)n1. The van der Waals surface area contributed by atoms with Gasteiger partial charge in [-0.15, -0.1) is 6.58 Å². The first-order valence-electron chi connectivity index (χ1n) is 11.7. The summed E-state index contributed by atoms with van der Waals surface area (Å²) in [4.78, 5) is 29.2. The molecule has 0 amide bonds. The number of fused-ring (bicyclic) bond motifs is 1. The van der Waals surface area contributed by atoms with Crippen molar-refractivity contribution in [2.24, 2.45) is 0 Å². The Hall–Kier alpha value is -4.49. The Balaban J connectivity index is 1.52. The quantitative estimate of drug-likeness (QED) is 0.399. The summed E-state index contributed by atoms with van der Waals surface area (Å²) >= 11 is 0. The van der Waals surface area contributed by atoms with Crippen LogP contribution in [0.2, 0.25) is 0 Å². The highest BCUT2D eigenvalue weighted by Crippen LogP contribution is 2.22. The van der Waals surface area contributed by atoms with E-state index < -0.39 is 0 Å². The third-order valence-corrected chi connectivity index (χ3v) is 6.13. The van der Waals surface area contributed by atoms with Gasteiger partial charge in [0.15, 0.2) is 11.5 Å². The summed E-state index contributed by atoms with van der Waals surface area (Å²) in [6, 6.07) is 14.6. The Morgan fingerprint density at radius 3 is 2.69 bits per heavy atom. The van der Waals surface area contributed by atoms with Crippen LogP contribution < -0.4 is 15.6 Å². The van der Waals surface area contributed by atoms with Crippen molar-refractivity contribution in [2.45, 2.75) is 25.5 Å². The van der Waals surface area contributed by atoms with Gasteiger partial charge < -0.3 is 15.0 Å². The Morgan fingerprint density at radius 1 is 1.19 bits per heavy atom. The highest BCUT2D eigenvalue weighted by atomic mass is 16.5. The Labute approximate surface area is 208 Å². The number of benzene rings is 1. The lowest BCUT2D eigenvalue weighted by atomic mass is 10.1. The molecule has 3 aromatic heterocycles. The zero-order valence-electron chi connectivity index (χ0n) is 20.0. The van der Waals surface area contributed by atoms with Crippen LogP contribution in [0.4, 0.5) is 11.6 Å². The molecule has 0 saturated carbocycles. The lowest BCUT2D eigenvalue weighted by molar-refractivity contribution is 0.110. The molecule has 10 nitrogen and oxygen atoms in total. The molecular formula is C26H26N8O2. The monoisotopic (exact) mass is 482 g/mol. The first kappa shape index (κ1) is 23.3. The minimum Gasteiger partial charge on any atom is -0.474 e. The molecule has 1 aliphatic heterocycles. The number of hydrogen-bond acceptors (Lipinski definition) is 8. The molecule has 1 fully saturated rings. The molecular weight excluding hydrogens is 456 g/mol. The molecule has 0 atom stereocenters. The number of anilines is 2. The topological polar surface area (TPSA) is 114 Å². The zero-order valence-corrected chi connectivity index (χ0v) is 20.0. The fraction of sp³-hybridized carbons (Fsp3) is 0.269. The van der Waals surface area contributed by atoms with Gasteiger partial charge in [-0.05, 0) is 50.2 Å². The Kier molecular flexibility index (Phi) is 6.47. The van der Waals surface area contributed by atoms with Crippen LogP contribution in [0.1, 0.15) is 18.4 Å². The van der Waals surface area contributed by atoms with E-state index >= 15 is 0 Å². The van der Waals surface area contributed by atoms with Crippen molar-refractivity contribution in [1.82, 2.24) is 29.2 Å². The molecule has 1 aliphatic rings. The molecule has 4 heterocycles. The molecule has 4 aromatic rings. The Bertz CT molecular complexity index is 1490. The highest BCUT2D eigenvalue weighted by Gasteiger charge is 2.21. The van der Waals surface area contributed by atoms with Crippen LogP contribution in [0.5, 0.6) is 5.88 Å². The molecule has 0 radical (unpaired) electrons. The van der Waals surface area contributed by atoms with Crippen molar-refractivity contribution in [1.29, 1.82) is 5.26 Å². The number of nitrogens with one attached hydrogen (secondary N) is 1. The average Bonchev–Trinajstić information content (AvgIpc) is 3.17. The molecule has 0 aliphatic carbocycles.